The smallest absolute Gasteiger partial charge is 0.338 e. The Morgan fingerprint density at radius 3 is 2.57 bits per heavy atom. The molecule has 2 rings (SSSR count). The van der Waals surface area contributed by atoms with E-state index in [1.165, 1.54) is 0 Å². The first kappa shape index (κ1) is 17.0. The van der Waals surface area contributed by atoms with Gasteiger partial charge < -0.3 is 4.74 Å². The van der Waals surface area contributed by atoms with Gasteiger partial charge >= 0.3 is 5.97 Å². The van der Waals surface area contributed by atoms with Gasteiger partial charge in [-0.1, -0.05) is 48.6 Å². The average molecular weight is 326 g/mol. The number of ketones is 1. The van der Waals surface area contributed by atoms with Crippen LogP contribution in [0.1, 0.15) is 45.2 Å². The minimum Gasteiger partial charge on any atom is -0.462 e. The van der Waals surface area contributed by atoms with Crippen LogP contribution >= 0.6 is 12.2 Å². The minimum atomic E-state index is -0.409. The fourth-order valence-electron chi connectivity index (χ4n) is 2.30. The standard InChI is InChI=1S/C19H18O3S/c1-2-22-19(21)16-9-5-8-15(12-16)18(20)11-10-14-6-3-4-7-17(14)13-23/h3-9,12-13H,2,10-11H2,1H3. The van der Waals surface area contributed by atoms with Crippen molar-refractivity contribution < 1.29 is 14.3 Å². The summed E-state index contributed by atoms with van der Waals surface area (Å²) in [6.07, 6.45) is 0.984. The molecular formula is C19H18O3S. The topological polar surface area (TPSA) is 43.4 Å². The van der Waals surface area contributed by atoms with E-state index < -0.39 is 5.97 Å². The van der Waals surface area contributed by atoms with Crippen LogP contribution in [0.15, 0.2) is 48.5 Å². The maximum atomic E-state index is 12.4. The summed E-state index contributed by atoms with van der Waals surface area (Å²) in [5, 5.41) is 1.63. The van der Waals surface area contributed by atoms with Crippen molar-refractivity contribution in [3.05, 3.63) is 70.8 Å². The first-order valence-corrected chi connectivity index (χ1v) is 7.96. The highest BCUT2D eigenvalue weighted by atomic mass is 32.1. The van der Waals surface area contributed by atoms with Gasteiger partial charge in [-0.25, -0.2) is 4.79 Å². The molecular weight excluding hydrogens is 308 g/mol. The molecule has 118 valence electrons. The number of hydrogen-bond acceptors (Lipinski definition) is 4. The second-order valence-electron chi connectivity index (χ2n) is 5.04. The zero-order valence-corrected chi connectivity index (χ0v) is 13.8. The molecule has 3 nitrogen and oxygen atoms in total. The van der Waals surface area contributed by atoms with Gasteiger partial charge in [0.25, 0.3) is 0 Å². The largest absolute Gasteiger partial charge is 0.462 e. The lowest BCUT2D eigenvalue weighted by Crippen LogP contribution is -2.07. The number of carbonyl (C=O) groups is 2. The lowest BCUT2D eigenvalue weighted by Gasteiger charge is -2.06. The molecule has 0 atom stereocenters. The molecule has 0 unspecified atom stereocenters. The summed E-state index contributed by atoms with van der Waals surface area (Å²) >= 11 is 4.99. The fourth-order valence-corrected chi connectivity index (χ4v) is 2.53. The number of ether oxygens (including phenoxy) is 1. The number of benzene rings is 2. The minimum absolute atomic E-state index is 0.00433. The van der Waals surface area contributed by atoms with Crippen molar-refractivity contribution in [3.8, 4) is 0 Å². The highest BCUT2D eigenvalue weighted by molar-refractivity contribution is 7.79. The molecule has 2 aromatic carbocycles. The average Bonchev–Trinajstić information content (AvgIpc) is 2.60. The maximum absolute atomic E-state index is 12.4. The molecule has 0 aliphatic heterocycles. The van der Waals surface area contributed by atoms with Gasteiger partial charge in [0.15, 0.2) is 5.78 Å². The van der Waals surface area contributed by atoms with Crippen LogP contribution in [0.4, 0.5) is 0 Å². The van der Waals surface area contributed by atoms with Crippen molar-refractivity contribution in [1.82, 2.24) is 0 Å². The molecule has 0 N–H and O–H groups in total. The van der Waals surface area contributed by atoms with Crippen LogP contribution in [-0.2, 0) is 11.2 Å². The number of hydrogen-bond donors (Lipinski definition) is 0. The van der Waals surface area contributed by atoms with Crippen LogP contribution in [0.5, 0.6) is 0 Å². The SMILES string of the molecule is CCOC(=O)c1cccc(C(=O)CCc2ccccc2C=S)c1. The van der Waals surface area contributed by atoms with E-state index in [-0.39, 0.29) is 5.78 Å². The van der Waals surface area contributed by atoms with E-state index in [0.29, 0.717) is 30.6 Å². The van der Waals surface area contributed by atoms with Crippen LogP contribution in [0.2, 0.25) is 0 Å². The molecule has 0 radical (unpaired) electrons. The predicted molar refractivity (Wildman–Crippen MR) is 94.2 cm³/mol. The van der Waals surface area contributed by atoms with E-state index in [0.717, 1.165) is 11.1 Å². The van der Waals surface area contributed by atoms with Gasteiger partial charge in [0.2, 0.25) is 0 Å². The second kappa shape index (κ2) is 8.34. The zero-order chi connectivity index (χ0) is 16.7. The highest BCUT2D eigenvalue weighted by Gasteiger charge is 2.12. The Kier molecular flexibility index (Phi) is 6.18. The maximum Gasteiger partial charge on any atom is 0.338 e. The van der Waals surface area contributed by atoms with Crippen molar-refractivity contribution >= 4 is 29.3 Å². The first-order valence-electron chi connectivity index (χ1n) is 7.49. The third-order valence-corrected chi connectivity index (χ3v) is 3.75. The first-order chi connectivity index (χ1) is 11.2. The molecule has 0 aliphatic rings. The number of Topliss-reactive ketones (excluding diaryl/α,β-unsaturated/α-hetero) is 1. The molecule has 0 aliphatic carbocycles. The van der Waals surface area contributed by atoms with Crippen LogP contribution in [-0.4, -0.2) is 23.7 Å². The number of carbonyl (C=O) groups excluding carboxylic acids is 2. The van der Waals surface area contributed by atoms with Crippen molar-refractivity contribution in [2.75, 3.05) is 6.61 Å². The fraction of sp³-hybridized carbons (Fsp3) is 0.211. The molecule has 4 heteroatoms. The molecule has 23 heavy (non-hydrogen) atoms. The van der Waals surface area contributed by atoms with Gasteiger partial charge in [-0.2, -0.15) is 0 Å². The monoisotopic (exact) mass is 326 g/mol. The summed E-state index contributed by atoms with van der Waals surface area (Å²) in [7, 11) is 0. The third kappa shape index (κ3) is 4.57. The molecule has 0 spiro atoms. The van der Waals surface area contributed by atoms with E-state index in [1.54, 1.807) is 36.6 Å². The molecule has 2 aromatic rings. The van der Waals surface area contributed by atoms with Crippen LogP contribution in [0, 0.1) is 0 Å². The van der Waals surface area contributed by atoms with Crippen LogP contribution < -0.4 is 0 Å². The van der Waals surface area contributed by atoms with E-state index in [2.05, 4.69) is 0 Å². The molecule has 0 bridgehead atoms. The molecule has 0 saturated heterocycles. The van der Waals surface area contributed by atoms with Crippen LogP contribution in [0.25, 0.3) is 0 Å². The summed E-state index contributed by atoms with van der Waals surface area (Å²) < 4.78 is 4.96. The summed E-state index contributed by atoms with van der Waals surface area (Å²) in [5.74, 6) is -0.413. The van der Waals surface area contributed by atoms with E-state index in [4.69, 9.17) is 17.0 Å². The van der Waals surface area contributed by atoms with Gasteiger partial charge in [0.05, 0.1) is 12.2 Å². The van der Waals surface area contributed by atoms with Crippen molar-refractivity contribution in [1.29, 1.82) is 0 Å². The molecule has 0 aromatic heterocycles. The van der Waals surface area contributed by atoms with Crippen molar-refractivity contribution in [2.45, 2.75) is 19.8 Å². The Morgan fingerprint density at radius 2 is 1.83 bits per heavy atom. The summed E-state index contributed by atoms with van der Waals surface area (Å²) in [4.78, 5) is 24.1. The Morgan fingerprint density at radius 1 is 1.09 bits per heavy atom. The Bertz CT molecular complexity index is 722. The van der Waals surface area contributed by atoms with E-state index >= 15 is 0 Å². The van der Waals surface area contributed by atoms with Gasteiger partial charge in [-0.15, -0.1) is 0 Å². The summed E-state index contributed by atoms with van der Waals surface area (Å²) in [6, 6.07) is 14.4. The number of thiocarbonyl (C=S) groups is 1. The molecule has 0 saturated carbocycles. The van der Waals surface area contributed by atoms with Gasteiger partial charge in [-0.3, -0.25) is 4.79 Å². The lowest BCUT2D eigenvalue weighted by molar-refractivity contribution is 0.0526. The van der Waals surface area contributed by atoms with E-state index in [9.17, 15) is 9.59 Å². The normalized spacial score (nSPS) is 10.1. The predicted octanol–water partition coefficient (Wildman–Crippen LogP) is 4.03. The third-order valence-electron chi connectivity index (χ3n) is 3.50. The van der Waals surface area contributed by atoms with Crippen LogP contribution in [0.3, 0.4) is 0 Å². The van der Waals surface area contributed by atoms with Crippen molar-refractivity contribution in [3.63, 3.8) is 0 Å². The van der Waals surface area contributed by atoms with Gasteiger partial charge in [0, 0.05) is 17.4 Å². The summed E-state index contributed by atoms with van der Waals surface area (Å²) in [5.41, 5.74) is 2.94. The molecule has 0 heterocycles. The Balaban J connectivity index is 2.07. The summed E-state index contributed by atoms with van der Waals surface area (Å²) in [6.45, 7) is 2.06. The lowest BCUT2D eigenvalue weighted by atomic mass is 9.99. The molecule has 0 amide bonds. The highest BCUT2D eigenvalue weighted by Crippen LogP contribution is 2.14. The van der Waals surface area contributed by atoms with Crippen molar-refractivity contribution in [2.24, 2.45) is 0 Å². The van der Waals surface area contributed by atoms with E-state index in [1.807, 2.05) is 24.3 Å². The number of esters is 1. The number of rotatable bonds is 7. The van der Waals surface area contributed by atoms with Gasteiger partial charge in [0.1, 0.15) is 0 Å². The quantitative estimate of drug-likeness (QED) is 0.438. The second-order valence-corrected chi connectivity index (χ2v) is 5.28. The number of aryl methyl sites for hydroxylation is 1. The Hall–Kier alpha value is -2.33. The molecule has 0 fully saturated rings. The zero-order valence-electron chi connectivity index (χ0n) is 13.0. The van der Waals surface area contributed by atoms with Gasteiger partial charge in [-0.05, 0) is 36.6 Å². The Labute approximate surface area is 141 Å².